The zero-order chi connectivity index (χ0) is 25.1. The van der Waals surface area contributed by atoms with Crippen LogP contribution in [0.15, 0.2) is 48.5 Å². The Morgan fingerprint density at radius 3 is 1.32 bits per heavy atom. The van der Waals surface area contributed by atoms with Gasteiger partial charge in [0, 0.05) is 39.5 Å². The molecule has 2 unspecified atom stereocenters. The van der Waals surface area contributed by atoms with Crippen LogP contribution in [0.5, 0.6) is 11.5 Å². The first kappa shape index (κ1) is 26.6. The van der Waals surface area contributed by atoms with E-state index in [0.717, 1.165) is 11.1 Å². The lowest BCUT2D eigenvalue weighted by Gasteiger charge is -2.27. The molecular formula is C26H30O8. The zero-order valence-electron chi connectivity index (χ0n) is 19.9. The summed E-state index contributed by atoms with van der Waals surface area (Å²) < 4.78 is 21.0. The number of carbonyl (C=O) groups is 4. The lowest BCUT2D eigenvalue weighted by atomic mass is 9.83. The molecule has 0 aliphatic heterocycles. The monoisotopic (exact) mass is 470 g/mol. The second-order valence-corrected chi connectivity index (χ2v) is 8.02. The van der Waals surface area contributed by atoms with Crippen LogP contribution in [0.25, 0.3) is 0 Å². The average molecular weight is 471 g/mol. The van der Waals surface area contributed by atoms with Crippen LogP contribution in [-0.2, 0) is 41.5 Å². The van der Waals surface area contributed by atoms with Gasteiger partial charge in [-0.05, 0) is 48.2 Å². The predicted octanol–water partition coefficient (Wildman–Crippen LogP) is 3.68. The SMILES string of the molecule is CC(=O)OCC(Cc1cccc(OC(C)=O)c1)C(COC(C)=O)Cc1cccc(OC(C)=O)c1. The van der Waals surface area contributed by atoms with Gasteiger partial charge in [-0.15, -0.1) is 0 Å². The highest BCUT2D eigenvalue weighted by atomic mass is 16.5. The standard InChI is InChI=1S/C26H30O8/c1-17(27)31-15-23(11-21-7-5-9-25(13-21)33-19(3)29)24(16-32-18(2)28)12-22-8-6-10-26(14-22)34-20(4)30/h5-10,13-14,23-24H,11-12,15-16H2,1-4H3. The molecule has 182 valence electrons. The Hall–Kier alpha value is -3.68. The summed E-state index contributed by atoms with van der Waals surface area (Å²) >= 11 is 0. The molecule has 2 atom stereocenters. The number of hydrogen-bond donors (Lipinski definition) is 0. The first-order valence-corrected chi connectivity index (χ1v) is 10.9. The van der Waals surface area contributed by atoms with Crippen LogP contribution in [0.4, 0.5) is 0 Å². The maximum Gasteiger partial charge on any atom is 0.308 e. The summed E-state index contributed by atoms with van der Waals surface area (Å²) in [7, 11) is 0. The fraction of sp³-hybridized carbons (Fsp3) is 0.385. The third kappa shape index (κ3) is 9.85. The molecule has 8 nitrogen and oxygen atoms in total. The predicted molar refractivity (Wildman–Crippen MR) is 123 cm³/mol. The minimum absolute atomic E-state index is 0.114. The lowest BCUT2D eigenvalue weighted by Crippen LogP contribution is -2.29. The van der Waals surface area contributed by atoms with Gasteiger partial charge in [-0.3, -0.25) is 19.2 Å². The summed E-state index contributed by atoms with van der Waals surface area (Å²) in [5.41, 5.74) is 1.75. The van der Waals surface area contributed by atoms with Crippen molar-refractivity contribution in [1.29, 1.82) is 0 Å². The summed E-state index contributed by atoms with van der Waals surface area (Å²) in [5, 5.41) is 0. The van der Waals surface area contributed by atoms with E-state index in [4.69, 9.17) is 18.9 Å². The lowest BCUT2D eigenvalue weighted by molar-refractivity contribution is -0.147. The van der Waals surface area contributed by atoms with E-state index in [1.807, 2.05) is 12.1 Å². The van der Waals surface area contributed by atoms with Gasteiger partial charge in [0.05, 0.1) is 13.2 Å². The number of benzene rings is 2. The molecule has 0 heterocycles. The fourth-order valence-electron chi connectivity index (χ4n) is 3.58. The maximum absolute atomic E-state index is 11.6. The highest BCUT2D eigenvalue weighted by molar-refractivity contribution is 5.69. The molecule has 0 amide bonds. The van der Waals surface area contributed by atoms with Crippen LogP contribution in [0.3, 0.4) is 0 Å². The fourth-order valence-corrected chi connectivity index (χ4v) is 3.58. The highest BCUT2D eigenvalue weighted by Gasteiger charge is 2.25. The van der Waals surface area contributed by atoms with Gasteiger partial charge in [0.2, 0.25) is 0 Å². The third-order valence-corrected chi connectivity index (χ3v) is 4.98. The Morgan fingerprint density at radius 2 is 1.00 bits per heavy atom. The van der Waals surface area contributed by atoms with E-state index in [0.29, 0.717) is 24.3 Å². The zero-order valence-corrected chi connectivity index (χ0v) is 19.9. The number of ether oxygens (including phenoxy) is 4. The van der Waals surface area contributed by atoms with E-state index in [1.165, 1.54) is 27.7 Å². The third-order valence-electron chi connectivity index (χ3n) is 4.98. The molecule has 0 N–H and O–H groups in total. The van der Waals surface area contributed by atoms with E-state index in [9.17, 15) is 19.2 Å². The Balaban J connectivity index is 2.31. The van der Waals surface area contributed by atoms with Gasteiger partial charge in [0.25, 0.3) is 0 Å². The molecule has 0 saturated heterocycles. The van der Waals surface area contributed by atoms with Crippen molar-refractivity contribution < 1.29 is 38.1 Å². The van der Waals surface area contributed by atoms with Gasteiger partial charge in [-0.2, -0.15) is 0 Å². The smallest absolute Gasteiger partial charge is 0.308 e. The molecule has 0 saturated carbocycles. The van der Waals surface area contributed by atoms with Crippen LogP contribution in [0, 0.1) is 11.8 Å². The molecule has 0 aromatic heterocycles. The number of hydrogen-bond acceptors (Lipinski definition) is 8. The van der Waals surface area contributed by atoms with Gasteiger partial charge < -0.3 is 18.9 Å². The van der Waals surface area contributed by atoms with Gasteiger partial charge >= 0.3 is 23.9 Å². The molecule has 8 heteroatoms. The molecule has 0 aliphatic carbocycles. The molecule has 2 rings (SSSR count). The summed E-state index contributed by atoms with van der Waals surface area (Å²) in [5.74, 6) is -1.27. The Kier molecular flexibility index (Phi) is 10.3. The van der Waals surface area contributed by atoms with Crippen molar-refractivity contribution in [3.63, 3.8) is 0 Å². The molecule has 0 radical (unpaired) electrons. The summed E-state index contributed by atoms with van der Waals surface area (Å²) in [6.45, 7) is 5.56. The van der Waals surface area contributed by atoms with Gasteiger partial charge in [0.15, 0.2) is 0 Å². The molecule has 34 heavy (non-hydrogen) atoms. The molecule has 0 spiro atoms. The minimum Gasteiger partial charge on any atom is -0.466 e. The Labute approximate surface area is 199 Å². The van der Waals surface area contributed by atoms with Gasteiger partial charge in [-0.25, -0.2) is 0 Å². The molecule has 0 bridgehead atoms. The number of carbonyl (C=O) groups excluding carboxylic acids is 4. The average Bonchev–Trinajstić information content (AvgIpc) is 2.73. The van der Waals surface area contributed by atoms with Crippen LogP contribution in [0.2, 0.25) is 0 Å². The summed E-state index contributed by atoms with van der Waals surface area (Å²) in [6.07, 6.45) is 0.968. The van der Waals surface area contributed by atoms with Crippen molar-refractivity contribution in [2.24, 2.45) is 11.8 Å². The van der Waals surface area contributed by atoms with Crippen molar-refractivity contribution in [3.05, 3.63) is 59.7 Å². The number of esters is 4. The summed E-state index contributed by atoms with van der Waals surface area (Å²) in [6, 6.07) is 14.2. The molecule has 2 aromatic rings. The second-order valence-electron chi connectivity index (χ2n) is 8.02. The van der Waals surface area contributed by atoms with Crippen LogP contribution < -0.4 is 9.47 Å². The molecular weight excluding hydrogens is 440 g/mol. The van der Waals surface area contributed by atoms with Crippen molar-refractivity contribution in [2.45, 2.75) is 40.5 Å². The largest absolute Gasteiger partial charge is 0.466 e. The number of rotatable bonds is 11. The van der Waals surface area contributed by atoms with Gasteiger partial charge in [0.1, 0.15) is 11.5 Å². The minimum atomic E-state index is -0.422. The van der Waals surface area contributed by atoms with Crippen LogP contribution in [-0.4, -0.2) is 37.1 Å². The van der Waals surface area contributed by atoms with Crippen molar-refractivity contribution in [3.8, 4) is 11.5 Å². The highest BCUT2D eigenvalue weighted by Crippen LogP contribution is 2.26. The van der Waals surface area contributed by atoms with Crippen molar-refractivity contribution in [1.82, 2.24) is 0 Å². The Bertz CT molecular complexity index is 932. The van der Waals surface area contributed by atoms with Crippen molar-refractivity contribution >= 4 is 23.9 Å². The normalized spacial score (nSPS) is 12.2. The van der Waals surface area contributed by atoms with E-state index in [-0.39, 0.29) is 25.0 Å². The first-order chi connectivity index (χ1) is 16.1. The molecule has 0 aliphatic rings. The maximum atomic E-state index is 11.6. The summed E-state index contributed by atoms with van der Waals surface area (Å²) in [4.78, 5) is 45.8. The van der Waals surface area contributed by atoms with E-state index in [1.54, 1.807) is 36.4 Å². The molecule has 2 aromatic carbocycles. The van der Waals surface area contributed by atoms with E-state index >= 15 is 0 Å². The second kappa shape index (κ2) is 13.1. The van der Waals surface area contributed by atoms with Crippen LogP contribution in [0.1, 0.15) is 38.8 Å². The Morgan fingerprint density at radius 1 is 0.618 bits per heavy atom. The van der Waals surface area contributed by atoms with Gasteiger partial charge in [-0.1, -0.05) is 24.3 Å². The quantitative estimate of drug-likeness (QED) is 0.362. The van der Waals surface area contributed by atoms with E-state index < -0.39 is 23.9 Å². The molecule has 0 fully saturated rings. The van der Waals surface area contributed by atoms with E-state index in [2.05, 4.69) is 0 Å². The first-order valence-electron chi connectivity index (χ1n) is 10.9. The topological polar surface area (TPSA) is 105 Å². The van der Waals surface area contributed by atoms with Crippen LogP contribution >= 0.6 is 0 Å². The van der Waals surface area contributed by atoms with Crippen molar-refractivity contribution in [2.75, 3.05) is 13.2 Å².